The predicted molar refractivity (Wildman–Crippen MR) is 231 cm³/mol. The maximum absolute atomic E-state index is 12.3. The van der Waals surface area contributed by atoms with Gasteiger partial charge in [-0.05, 0) is 101 Å². The third-order valence-corrected chi connectivity index (χ3v) is 12.2. The summed E-state index contributed by atoms with van der Waals surface area (Å²) >= 11 is 1.81. The van der Waals surface area contributed by atoms with Gasteiger partial charge in [-0.1, -0.05) is 98.4 Å². The van der Waals surface area contributed by atoms with Crippen molar-refractivity contribution in [2.75, 3.05) is 31.2 Å². The lowest BCUT2D eigenvalue weighted by Gasteiger charge is -2.27. The van der Waals surface area contributed by atoms with Crippen LogP contribution in [0.5, 0.6) is 0 Å². The molecule has 7 heteroatoms. The SMILES string of the molecule is C=C(C)C(=O)OCCN1C(=CC=C2CCC(C=CC3=[N+](CCOC(=O)C(=C)C)c4ccc(C)cc4C3(C)C)=C2Sc2ccccc2)C(C)(C)c2cc(C)ccc21. The Morgan fingerprint density at radius 3 is 2.12 bits per heavy atom. The number of carbonyl (C=O) groups excluding carboxylic acids is 2. The summed E-state index contributed by atoms with van der Waals surface area (Å²) in [6, 6.07) is 23.8. The Kier molecular flexibility index (Phi) is 12.0. The summed E-state index contributed by atoms with van der Waals surface area (Å²) < 4.78 is 13.5. The zero-order valence-electron chi connectivity index (χ0n) is 34.3. The minimum atomic E-state index is -0.369. The summed E-state index contributed by atoms with van der Waals surface area (Å²) in [5.74, 6) is -0.737. The fourth-order valence-electron chi connectivity index (χ4n) is 7.88. The van der Waals surface area contributed by atoms with Gasteiger partial charge < -0.3 is 14.4 Å². The maximum Gasteiger partial charge on any atom is 0.333 e. The monoisotopic (exact) mass is 767 g/mol. The Balaban J connectivity index is 1.39. The second-order valence-corrected chi connectivity index (χ2v) is 17.2. The highest BCUT2D eigenvalue weighted by atomic mass is 32.2. The van der Waals surface area contributed by atoms with Gasteiger partial charge in [-0.15, -0.1) is 0 Å². The molecule has 0 saturated carbocycles. The van der Waals surface area contributed by atoms with Crippen molar-refractivity contribution in [2.45, 2.75) is 84.0 Å². The van der Waals surface area contributed by atoms with Crippen LogP contribution in [0.1, 0.15) is 76.6 Å². The molecule has 0 amide bonds. The van der Waals surface area contributed by atoms with E-state index in [2.05, 4.69) is 155 Å². The van der Waals surface area contributed by atoms with Crippen LogP contribution in [0.4, 0.5) is 11.4 Å². The number of ether oxygens (including phenoxy) is 2. The summed E-state index contributed by atoms with van der Waals surface area (Å²) in [4.78, 5) is 29.3. The summed E-state index contributed by atoms with van der Waals surface area (Å²) in [5, 5.41) is 0. The van der Waals surface area contributed by atoms with E-state index in [9.17, 15) is 9.59 Å². The molecule has 0 N–H and O–H groups in total. The van der Waals surface area contributed by atoms with Crippen LogP contribution in [-0.4, -0.2) is 48.5 Å². The van der Waals surface area contributed by atoms with E-state index >= 15 is 0 Å². The zero-order chi connectivity index (χ0) is 40.4. The first-order chi connectivity index (χ1) is 26.6. The molecule has 1 aliphatic carbocycles. The van der Waals surface area contributed by atoms with Gasteiger partial charge in [0.05, 0.1) is 12.0 Å². The first-order valence-corrected chi connectivity index (χ1v) is 20.3. The van der Waals surface area contributed by atoms with Crippen LogP contribution in [0.2, 0.25) is 0 Å². The Labute approximate surface area is 337 Å². The minimum Gasteiger partial charge on any atom is -0.460 e. The van der Waals surface area contributed by atoms with Crippen molar-refractivity contribution < 1.29 is 23.6 Å². The van der Waals surface area contributed by atoms with Crippen molar-refractivity contribution in [2.24, 2.45) is 0 Å². The van der Waals surface area contributed by atoms with Crippen LogP contribution < -0.4 is 4.90 Å². The first kappa shape index (κ1) is 40.5. The third-order valence-electron chi connectivity index (χ3n) is 11.0. The van der Waals surface area contributed by atoms with E-state index in [0.717, 1.165) is 24.2 Å². The van der Waals surface area contributed by atoms with Gasteiger partial charge in [-0.25, -0.2) is 9.59 Å². The van der Waals surface area contributed by atoms with Crippen LogP contribution in [0.15, 0.2) is 142 Å². The molecule has 0 spiro atoms. The van der Waals surface area contributed by atoms with Gasteiger partial charge >= 0.3 is 11.9 Å². The zero-order valence-corrected chi connectivity index (χ0v) is 35.1. The van der Waals surface area contributed by atoms with Gasteiger partial charge in [0.15, 0.2) is 18.9 Å². The number of carbonyl (C=O) groups is 2. The molecule has 3 aromatic rings. The summed E-state index contributed by atoms with van der Waals surface area (Å²) in [6.45, 7) is 25.8. The molecule has 2 heterocycles. The minimum absolute atomic E-state index is 0.255. The Morgan fingerprint density at radius 2 is 1.45 bits per heavy atom. The number of hydrogen-bond donors (Lipinski definition) is 0. The van der Waals surface area contributed by atoms with Crippen molar-refractivity contribution in [3.63, 3.8) is 0 Å². The Hall–Kier alpha value is -5.14. The number of fused-ring (bicyclic) bond motifs is 2. The second-order valence-electron chi connectivity index (χ2n) is 16.2. The lowest BCUT2D eigenvalue weighted by Crippen LogP contribution is -2.29. The fourth-order valence-corrected chi connectivity index (χ4v) is 9.01. The quantitative estimate of drug-likeness (QED) is 0.0981. The molecule has 56 heavy (non-hydrogen) atoms. The van der Waals surface area contributed by atoms with E-state index in [-0.39, 0.29) is 36.0 Å². The number of benzene rings is 3. The van der Waals surface area contributed by atoms with Crippen LogP contribution in [0.3, 0.4) is 0 Å². The van der Waals surface area contributed by atoms with Gasteiger partial charge in [0.2, 0.25) is 5.69 Å². The van der Waals surface area contributed by atoms with Gasteiger partial charge in [0, 0.05) is 55.5 Å². The average molecular weight is 768 g/mol. The molecule has 0 aromatic heterocycles. The molecule has 0 unspecified atom stereocenters. The van der Waals surface area contributed by atoms with E-state index in [0.29, 0.717) is 24.2 Å². The van der Waals surface area contributed by atoms with E-state index in [4.69, 9.17) is 9.47 Å². The molecule has 6 nitrogen and oxygen atoms in total. The molecule has 290 valence electrons. The number of thioether (sulfide) groups is 1. The highest BCUT2D eigenvalue weighted by Gasteiger charge is 2.44. The van der Waals surface area contributed by atoms with Crippen LogP contribution in [-0.2, 0) is 29.9 Å². The second kappa shape index (κ2) is 16.5. The number of anilines is 1. The molecule has 0 fully saturated rings. The molecule has 3 aliphatic rings. The largest absolute Gasteiger partial charge is 0.460 e. The molecule has 2 aliphatic heterocycles. The first-order valence-electron chi connectivity index (χ1n) is 19.5. The van der Waals surface area contributed by atoms with Crippen molar-refractivity contribution in [3.8, 4) is 0 Å². The van der Waals surface area contributed by atoms with E-state index < -0.39 is 0 Å². The van der Waals surface area contributed by atoms with Crippen molar-refractivity contribution >= 4 is 40.8 Å². The van der Waals surface area contributed by atoms with Crippen molar-refractivity contribution in [1.29, 1.82) is 0 Å². The summed E-state index contributed by atoms with van der Waals surface area (Å²) in [7, 11) is 0. The molecular weight excluding hydrogens is 713 g/mol. The normalized spacial score (nSPS) is 18.2. The predicted octanol–water partition coefficient (Wildman–Crippen LogP) is 10.9. The molecular formula is C49H55N2O4S+. The molecule has 0 atom stereocenters. The summed E-state index contributed by atoms with van der Waals surface area (Å²) in [5.41, 5.74) is 12.5. The van der Waals surface area contributed by atoms with Crippen LogP contribution >= 0.6 is 11.8 Å². The number of allylic oxidation sites excluding steroid dienone is 7. The van der Waals surface area contributed by atoms with Crippen molar-refractivity contribution in [3.05, 3.63) is 159 Å². The lowest BCUT2D eigenvalue weighted by atomic mass is 9.81. The van der Waals surface area contributed by atoms with E-state index in [1.54, 1.807) is 13.8 Å². The molecule has 0 saturated heterocycles. The van der Waals surface area contributed by atoms with Gasteiger partial charge in [0.1, 0.15) is 6.61 Å². The number of nitrogens with zero attached hydrogens (tertiary/aromatic N) is 2. The van der Waals surface area contributed by atoms with Crippen LogP contribution in [0.25, 0.3) is 0 Å². The standard InChI is InChI=1S/C49H55N2O4S/c1-32(2)46(52)54-28-26-50-41-22-16-34(5)30-39(41)48(7,8)43(50)24-20-36-18-19-37(45(36)56-38-14-12-11-13-15-38)21-25-44-49(9,10)40-31-35(6)17-23-42(40)51(44)27-29-55-47(53)33(3)4/h11-17,20-25,30-31H,1,3,18-19,26-29H2,2,4-10H3/q+1. The van der Waals surface area contributed by atoms with E-state index in [1.807, 2.05) is 11.8 Å². The third kappa shape index (κ3) is 8.34. The number of rotatable bonds is 13. The van der Waals surface area contributed by atoms with Gasteiger partial charge in [-0.3, -0.25) is 0 Å². The molecule has 3 aromatic carbocycles. The van der Waals surface area contributed by atoms with Crippen LogP contribution in [0, 0.1) is 13.8 Å². The Bertz CT molecular complexity index is 2250. The highest BCUT2D eigenvalue weighted by Crippen LogP contribution is 2.49. The number of hydrogen-bond acceptors (Lipinski definition) is 6. The molecule has 6 rings (SSSR count). The molecule has 0 radical (unpaired) electrons. The van der Waals surface area contributed by atoms with Crippen molar-refractivity contribution in [1.82, 2.24) is 0 Å². The number of esters is 2. The topological polar surface area (TPSA) is 58.9 Å². The summed E-state index contributed by atoms with van der Waals surface area (Å²) in [6.07, 6.45) is 11.0. The maximum atomic E-state index is 12.3. The highest BCUT2D eigenvalue weighted by molar-refractivity contribution is 8.03. The molecule has 0 bridgehead atoms. The number of aryl methyl sites for hydroxylation is 2. The Morgan fingerprint density at radius 1 is 0.804 bits per heavy atom. The van der Waals surface area contributed by atoms with Gasteiger partial charge in [0.25, 0.3) is 0 Å². The fraction of sp³-hybridized carbons (Fsp3) is 0.327. The van der Waals surface area contributed by atoms with E-state index in [1.165, 1.54) is 54.6 Å². The smallest absolute Gasteiger partial charge is 0.333 e. The average Bonchev–Trinajstić information content (AvgIpc) is 3.70. The van der Waals surface area contributed by atoms with Gasteiger partial charge in [-0.2, -0.15) is 4.58 Å². The lowest BCUT2D eigenvalue weighted by molar-refractivity contribution is -0.440.